The number of carbonyl (C=O) groups excluding carboxylic acids is 1. The fourth-order valence-electron chi connectivity index (χ4n) is 2.17. The predicted molar refractivity (Wildman–Crippen MR) is 94.2 cm³/mol. The Hall–Kier alpha value is -1.53. The van der Waals surface area contributed by atoms with Gasteiger partial charge < -0.3 is 9.47 Å². The number of para-hydroxylation sites is 2. The number of benzene rings is 1. The number of hydrogen-bond acceptors (Lipinski definition) is 5. The van der Waals surface area contributed by atoms with Crippen molar-refractivity contribution in [2.75, 3.05) is 18.1 Å². The van der Waals surface area contributed by atoms with Gasteiger partial charge in [-0.05, 0) is 26.0 Å². The van der Waals surface area contributed by atoms with Gasteiger partial charge in [-0.25, -0.2) is 0 Å². The average Bonchev–Trinajstić information content (AvgIpc) is 2.81. The van der Waals surface area contributed by atoms with Crippen molar-refractivity contribution in [3.8, 4) is 5.75 Å². The quantitative estimate of drug-likeness (QED) is 0.444. The first kappa shape index (κ1) is 16.8. The first-order valence-electron chi connectivity index (χ1n) is 7.28. The van der Waals surface area contributed by atoms with Crippen LogP contribution in [0.4, 0.5) is 5.69 Å². The summed E-state index contributed by atoms with van der Waals surface area (Å²) >= 11 is 6.68. The molecule has 1 aliphatic heterocycles. The van der Waals surface area contributed by atoms with E-state index in [4.69, 9.17) is 21.7 Å². The molecule has 6 heteroatoms. The molecular formula is C16H19NO3S2. The Morgan fingerprint density at radius 3 is 2.59 bits per heavy atom. The molecule has 0 spiro atoms. The Morgan fingerprint density at radius 2 is 1.95 bits per heavy atom. The molecule has 2 rings (SSSR count). The van der Waals surface area contributed by atoms with Crippen LogP contribution in [0.1, 0.15) is 27.2 Å². The predicted octanol–water partition coefficient (Wildman–Crippen LogP) is 4.11. The van der Waals surface area contributed by atoms with Gasteiger partial charge in [0.2, 0.25) is 0 Å². The van der Waals surface area contributed by atoms with E-state index in [1.807, 2.05) is 45.0 Å². The van der Waals surface area contributed by atoms with E-state index in [1.54, 1.807) is 0 Å². The third-order valence-electron chi connectivity index (χ3n) is 3.07. The lowest BCUT2D eigenvalue weighted by Gasteiger charge is -2.18. The first-order chi connectivity index (χ1) is 10.6. The molecule has 0 bridgehead atoms. The molecule has 0 radical (unpaired) electrons. The summed E-state index contributed by atoms with van der Waals surface area (Å²) in [5.74, 6) is 1.20. The molecule has 1 heterocycles. The van der Waals surface area contributed by atoms with E-state index in [-0.39, 0.29) is 5.91 Å². The monoisotopic (exact) mass is 337 g/mol. The summed E-state index contributed by atoms with van der Waals surface area (Å²) in [5.41, 5.74) is 0.675. The van der Waals surface area contributed by atoms with E-state index in [0.29, 0.717) is 46.1 Å². The molecule has 22 heavy (non-hydrogen) atoms. The summed E-state index contributed by atoms with van der Waals surface area (Å²) in [4.78, 5) is 14.9. The Labute approximate surface area is 140 Å². The molecule has 0 saturated carbocycles. The van der Waals surface area contributed by atoms with Gasteiger partial charge in [-0.1, -0.05) is 43.0 Å². The average molecular weight is 337 g/mol. The number of carbonyl (C=O) groups is 1. The maximum absolute atomic E-state index is 12.8. The van der Waals surface area contributed by atoms with Gasteiger partial charge in [-0.3, -0.25) is 9.69 Å². The van der Waals surface area contributed by atoms with Crippen molar-refractivity contribution in [3.63, 3.8) is 0 Å². The van der Waals surface area contributed by atoms with Gasteiger partial charge in [-0.2, -0.15) is 0 Å². The number of rotatable bonds is 6. The van der Waals surface area contributed by atoms with Crippen LogP contribution in [0, 0.1) is 0 Å². The van der Waals surface area contributed by atoms with Crippen LogP contribution >= 0.6 is 24.0 Å². The van der Waals surface area contributed by atoms with Crippen LogP contribution in [0.25, 0.3) is 0 Å². The zero-order valence-corrected chi connectivity index (χ0v) is 14.6. The number of nitrogens with zero attached hydrogens (tertiary/aromatic N) is 1. The molecule has 0 aromatic heterocycles. The van der Waals surface area contributed by atoms with E-state index in [0.717, 1.165) is 0 Å². The minimum atomic E-state index is -0.146. The van der Waals surface area contributed by atoms with E-state index >= 15 is 0 Å². The fourth-order valence-corrected chi connectivity index (χ4v) is 3.54. The highest BCUT2D eigenvalue weighted by atomic mass is 32.2. The van der Waals surface area contributed by atoms with Crippen LogP contribution in [0.15, 0.2) is 34.9 Å². The number of thiocarbonyl (C=S) groups is 1. The van der Waals surface area contributed by atoms with Crippen LogP contribution < -0.4 is 9.64 Å². The summed E-state index contributed by atoms with van der Waals surface area (Å²) < 4.78 is 11.7. The lowest BCUT2D eigenvalue weighted by Crippen LogP contribution is -2.28. The topological polar surface area (TPSA) is 38.8 Å². The molecule has 1 fully saturated rings. The molecule has 0 N–H and O–H groups in total. The maximum Gasteiger partial charge on any atom is 0.274 e. The molecule has 0 unspecified atom stereocenters. The minimum Gasteiger partial charge on any atom is -0.497 e. The Balaban J connectivity index is 2.42. The van der Waals surface area contributed by atoms with Crippen molar-refractivity contribution in [3.05, 3.63) is 34.9 Å². The van der Waals surface area contributed by atoms with Gasteiger partial charge >= 0.3 is 0 Å². The molecular weight excluding hydrogens is 318 g/mol. The second-order valence-electron chi connectivity index (χ2n) is 4.45. The van der Waals surface area contributed by atoms with Crippen molar-refractivity contribution in [1.82, 2.24) is 0 Å². The molecule has 0 atom stereocenters. The van der Waals surface area contributed by atoms with Crippen LogP contribution in [0.2, 0.25) is 0 Å². The number of anilines is 1. The lowest BCUT2D eigenvalue weighted by atomic mass is 10.2. The summed E-state index contributed by atoms with van der Waals surface area (Å²) in [6, 6.07) is 7.42. The molecule has 118 valence electrons. The summed E-state index contributed by atoms with van der Waals surface area (Å²) in [5, 5.41) is 0. The van der Waals surface area contributed by atoms with E-state index in [2.05, 4.69) is 0 Å². The highest BCUT2D eigenvalue weighted by Crippen LogP contribution is 2.40. The molecule has 1 saturated heterocycles. The second kappa shape index (κ2) is 7.65. The van der Waals surface area contributed by atoms with Crippen molar-refractivity contribution in [2.24, 2.45) is 0 Å². The van der Waals surface area contributed by atoms with Crippen molar-refractivity contribution in [1.29, 1.82) is 0 Å². The molecule has 1 amide bonds. The number of ether oxygens (including phenoxy) is 2. The molecule has 1 aromatic rings. The summed E-state index contributed by atoms with van der Waals surface area (Å²) in [6.07, 6.45) is 0.658. The van der Waals surface area contributed by atoms with Gasteiger partial charge in [0, 0.05) is 6.42 Å². The molecule has 4 nitrogen and oxygen atoms in total. The first-order valence-corrected chi connectivity index (χ1v) is 8.50. The number of amides is 1. The Kier molecular flexibility index (Phi) is 5.85. The van der Waals surface area contributed by atoms with Gasteiger partial charge in [0.1, 0.15) is 16.4 Å². The Morgan fingerprint density at radius 1 is 1.23 bits per heavy atom. The highest BCUT2D eigenvalue weighted by molar-refractivity contribution is 8.27. The second-order valence-corrected chi connectivity index (χ2v) is 6.09. The van der Waals surface area contributed by atoms with Gasteiger partial charge in [0.25, 0.3) is 5.91 Å². The zero-order chi connectivity index (χ0) is 16.1. The van der Waals surface area contributed by atoms with Crippen LogP contribution in [0.5, 0.6) is 5.75 Å². The van der Waals surface area contributed by atoms with Crippen molar-refractivity contribution < 1.29 is 14.3 Å². The van der Waals surface area contributed by atoms with Crippen LogP contribution in [0.3, 0.4) is 0 Å². The lowest BCUT2D eigenvalue weighted by molar-refractivity contribution is -0.113. The van der Waals surface area contributed by atoms with Gasteiger partial charge in [0.05, 0.1) is 18.9 Å². The number of thioether (sulfide) groups is 1. The summed E-state index contributed by atoms with van der Waals surface area (Å²) in [6.45, 7) is 6.83. The fraction of sp³-hybridized carbons (Fsp3) is 0.375. The maximum atomic E-state index is 12.8. The van der Waals surface area contributed by atoms with E-state index < -0.39 is 0 Å². The van der Waals surface area contributed by atoms with E-state index in [1.165, 1.54) is 16.7 Å². The van der Waals surface area contributed by atoms with Crippen LogP contribution in [-0.2, 0) is 9.53 Å². The molecule has 1 aliphatic rings. The SMILES string of the molecule is CCO/C(CC)=C1/SC(=S)N(c2ccccc2OCC)C1=O. The van der Waals surface area contributed by atoms with E-state index in [9.17, 15) is 4.79 Å². The largest absolute Gasteiger partial charge is 0.497 e. The third-order valence-corrected chi connectivity index (χ3v) is 4.46. The van der Waals surface area contributed by atoms with Crippen LogP contribution in [-0.4, -0.2) is 23.4 Å². The molecule has 0 aliphatic carbocycles. The minimum absolute atomic E-state index is 0.146. The standard InChI is InChI=1S/C16H19NO3S2/c1-4-12(19-5-2)14-15(18)17(16(21)22-14)11-9-7-8-10-13(11)20-6-3/h7-10H,4-6H2,1-3H3/b14-12+. The van der Waals surface area contributed by atoms with Crippen molar-refractivity contribution in [2.45, 2.75) is 27.2 Å². The molecule has 1 aromatic carbocycles. The highest BCUT2D eigenvalue weighted by Gasteiger charge is 2.37. The third kappa shape index (κ3) is 3.28. The smallest absolute Gasteiger partial charge is 0.274 e. The normalized spacial score (nSPS) is 17.0. The zero-order valence-electron chi connectivity index (χ0n) is 12.9. The number of hydrogen-bond donors (Lipinski definition) is 0. The van der Waals surface area contributed by atoms with Crippen molar-refractivity contribution >= 4 is 39.9 Å². The summed E-state index contributed by atoms with van der Waals surface area (Å²) in [7, 11) is 0. The van der Waals surface area contributed by atoms with Gasteiger partial charge in [-0.15, -0.1) is 0 Å². The number of allylic oxidation sites excluding steroid dienone is 1. The Bertz CT molecular complexity index is 613. The van der Waals surface area contributed by atoms with Gasteiger partial charge in [0.15, 0.2) is 4.32 Å².